The number of aromatic hydroxyl groups is 1. The van der Waals surface area contributed by atoms with Crippen LogP contribution in [-0.2, 0) is 17.7 Å². The predicted octanol–water partition coefficient (Wildman–Crippen LogP) is 8.27. The Kier molecular flexibility index (Phi) is 9.10. The number of anilines is 1. The molecule has 46 heavy (non-hydrogen) atoms. The minimum Gasteiger partial charge on any atom is -0.507 e. The van der Waals surface area contributed by atoms with Crippen LogP contribution in [0.1, 0.15) is 37.6 Å². The fourth-order valence-corrected chi connectivity index (χ4v) is 6.27. The van der Waals surface area contributed by atoms with Crippen molar-refractivity contribution < 1.29 is 5.11 Å². The summed E-state index contributed by atoms with van der Waals surface area (Å²) in [4.78, 5) is 2.14. The molecule has 3 aromatic heterocycles. The SMILES string of the molecule is C=C(NCc1ccccc1Sc1ccc2nnc(-c3ccccc3O)n2c1)Nc1cc(C(C)(C)SC)nn1-c1ccc(CC)cc1. The highest BCUT2D eigenvalue weighted by Gasteiger charge is 2.25. The molecule has 0 aliphatic heterocycles. The van der Waals surface area contributed by atoms with Gasteiger partial charge in [0.2, 0.25) is 0 Å². The Hall–Kier alpha value is -4.67. The van der Waals surface area contributed by atoms with E-state index in [0.717, 1.165) is 39.0 Å². The number of aryl methyl sites for hydroxylation is 1. The van der Waals surface area contributed by atoms with Gasteiger partial charge < -0.3 is 15.7 Å². The molecule has 3 aromatic carbocycles. The molecule has 0 atom stereocenters. The van der Waals surface area contributed by atoms with E-state index in [2.05, 4.69) is 96.9 Å². The number of fused-ring (bicyclic) bond motifs is 1. The van der Waals surface area contributed by atoms with Gasteiger partial charge in [0.25, 0.3) is 0 Å². The van der Waals surface area contributed by atoms with Crippen LogP contribution in [0.25, 0.3) is 22.7 Å². The zero-order chi connectivity index (χ0) is 32.3. The first-order chi connectivity index (χ1) is 22.3. The predicted molar refractivity (Wildman–Crippen MR) is 190 cm³/mol. The highest BCUT2D eigenvalue weighted by Crippen LogP contribution is 2.36. The van der Waals surface area contributed by atoms with Crippen LogP contribution in [0.4, 0.5) is 5.82 Å². The fraction of sp³-hybridized carbons (Fsp3) is 0.194. The first kappa shape index (κ1) is 31.3. The molecular weight excluding hydrogens is 611 g/mol. The van der Waals surface area contributed by atoms with Crippen LogP contribution in [0.15, 0.2) is 119 Å². The quantitative estimate of drug-likeness (QED) is 0.122. The van der Waals surface area contributed by atoms with Gasteiger partial charge in [0.15, 0.2) is 11.5 Å². The molecule has 3 heterocycles. The zero-order valence-electron chi connectivity index (χ0n) is 26.4. The normalized spacial score (nSPS) is 11.6. The number of para-hydroxylation sites is 1. The van der Waals surface area contributed by atoms with E-state index in [9.17, 15) is 5.11 Å². The van der Waals surface area contributed by atoms with Gasteiger partial charge in [-0.2, -0.15) is 16.9 Å². The fourth-order valence-electron chi connectivity index (χ4n) is 4.99. The third-order valence-electron chi connectivity index (χ3n) is 7.92. The van der Waals surface area contributed by atoms with E-state index in [1.54, 1.807) is 35.7 Å². The Balaban J connectivity index is 1.20. The maximum Gasteiger partial charge on any atom is 0.172 e. The van der Waals surface area contributed by atoms with Crippen molar-refractivity contribution in [3.05, 3.63) is 126 Å². The van der Waals surface area contributed by atoms with Crippen LogP contribution in [0.5, 0.6) is 5.75 Å². The van der Waals surface area contributed by atoms with E-state index in [0.29, 0.717) is 29.4 Å². The number of phenols is 1. The number of rotatable bonds is 12. The summed E-state index contributed by atoms with van der Waals surface area (Å²) in [6.45, 7) is 11.4. The lowest BCUT2D eigenvalue weighted by atomic mass is 10.1. The monoisotopic (exact) mass is 647 g/mol. The minimum atomic E-state index is -0.145. The van der Waals surface area contributed by atoms with Crippen LogP contribution >= 0.6 is 23.5 Å². The Morgan fingerprint density at radius 3 is 2.48 bits per heavy atom. The number of aromatic nitrogens is 5. The second kappa shape index (κ2) is 13.4. The van der Waals surface area contributed by atoms with Gasteiger partial charge in [-0.1, -0.05) is 67.7 Å². The van der Waals surface area contributed by atoms with Crippen molar-refractivity contribution in [1.82, 2.24) is 29.7 Å². The van der Waals surface area contributed by atoms with Crippen molar-refractivity contribution in [3.63, 3.8) is 0 Å². The zero-order valence-corrected chi connectivity index (χ0v) is 28.0. The summed E-state index contributed by atoms with van der Waals surface area (Å²) in [5, 5.41) is 31.0. The number of thioether (sulfide) groups is 1. The highest BCUT2D eigenvalue weighted by molar-refractivity contribution is 7.99. The average molecular weight is 648 g/mol. The van der Waals surface area contributed by atoms with Crippen molar-refractivity contribution in [3.8, 4) is 22.8 Å². The number of benzene rings is 3. The standard InChI is InChI=1S/C36H37N7OS2/c1-6-25-15-17-27(18-16-25)43-34(21-32(41-43)36(3,4)45-5)38-24(2)37-22-26-11-7-10-14-31(26)46-28-19-20-33-39-40-35(42(33)23-28)29-12-8-9-13-30(29)44/h7-21,23,37-38,44H,2,6,22H2,1,3-5H3. The Labute approximate surface area is 278 Å². The van der Waals surface area contributed by atoms with Gasteiger partial charge >= 0.3 is 0 Å². The molecule has 3 N–H and O–H groups in total. The molecule has 0 saturated carbocycles. The number of pyridine rings is 1. The second-order valence-electron chi connectivity index (χ2n) is 11.4. The summed E-state index contributed by atoms with van der Waals surface area (Å²) >= 11 is 3.43. The largest absolute Gasteiger partial charge is 0.507 e. The number of nitrogens with zero attached hydrogens (tertiary/aromatic N) is 5. The number of nitrogens with one attached hydrogen (secondary N) is 2. The molecule has 0 saturated heterocycles. The van der Waals surface area contributed by atoms with E-state index < -0.39 is 0 Å². The van der Waals surface area contributed by atoms with E-state index in [1.165, 1.54) is 5.56 Å². The van der Waals surface area contributed by atoms with E-state index >= 15 is 0 Å². The Morgan fingerprint density at radius 2 is 1.72 bits per heavy atom. The summed E-state index contributed by atoms with van der Waals surface area (Å²) in [6.07, 6.45) is 5.11. The lowest BCUT2D eigenvalue weighted by molar-refractivity contribution is 0.477. The Bertz CT molecular complexity index is 2000. The smallest absolute Gasteiger partial charge is 0.172 e. The summed E-state index contributed by atoms with van der Waals surface area (Å²) in [6, 6.07) is 30.1. The van der Waals surface area contributed by atoms with Gasteiger partial charge in [-0.05, 0) is 80.1 Å². The van der Waals surface area contributed by atoms with Crippen LogP contribution < -0.4 is 10.6 Å². The van der Waals surface area contributed by atoms with Gasteiger partial charge in [-0.15, -0.1) is 10.2 Å². The van der Waals surface area contributed by atoms with Crippen molar-refractivity contribution >= 4 is 35.0 Å². The van der Waals surface area contributed by atoms with Crippen LogP contribution in [-0.4, -0.2) is 35.7 Å². The molecule has 0 unspecified atom stereocenters. The van der Waals surface area contributed by atoms with Gasteiger partial charge in [0.05, 0.1) is 27.5 Å². The average Bonchev–Trinajstić information content (AvgIpc) is 3.69. The minimum absolute atomic E-state index is 0.145. The molecule has 0 aliphatic carbocycles. The molecule has 0 bridgehead atoms. The van der Waals surface area contributed by atoms with Gasteiger partial charge in [0.1, 0.15) is 11.6 Å². The van der Waals surface area contributed by atoms with Gasteiger partial charge in [-0.25, -0.2) is 4.68 Å². The summed E-state index contributed by atoms with van der Waals surface area (Å²) < 4.78 is 3.72. The molecule has 0 radical (unpaired) electrons. The van der Waals surface area contributed by atoms with Crippen LogP contribution in [0, 0.1) is 0 Å². The maximum absolute atomic E-state index is 10.4. The Morgan fingerprint density at radius 1 is 0.957 bits per heavy atom. The van der Waals surface area contributed by atoms with Crippen molar-refractivity contribution in [2.24, 2.45) is 0 Å². The van der Waals surface area contributed by atoms with E-state index in [1.807, 2.05) is 51.7 Å². The molecule has 10 heteroatoms. The van der Waals surface area contributed by atoms with E-state index in [-0.39, 0.29) is 10.5 Å². The number of hydrogen-bond acceptors (Lipinski definition) is 8. The lowest BCUT2D eigenvalue weighted by Crippen LogP contribution is -2.20. The lowest BCUT2D eigenvalue weighted by Gasteiger charge is -2.18. The first-order valence-electron chi connectivity index (χ1n) is 15.1. The number of hydrogen-bond donors (Lipinski definition) is 3. The maximum atomic E-state index is 10.4. The third-order valence-corrected chi connectivity index (χ3v) is 10.2. The molecule has 0 fully saturated rings. The second-order valence-corrected chi connectivity index (χ2v) is 13.9. The van der Waals surface area contributed by atoms with Crippen molar-refractivity contribution in [2.45, 2.75) is 48.3 Å². The van der Waals surface area contributed by atoms with Crippen molar-refractivity contribution in [2.75, 3.05) is 11.6 Å². The molecule has 0 amide bonds. The van der Waals surface area contributed by atoms with Gasteiger partial charge in [-0.3, -0.25) is 4.40 Å². The van der Waals surface area contributed by atoms with Crippen molar-refractivity contribution in [1.29, 1.82) is 0 Å². The highest BCUT2D eigenvalue weighted by atomic mass is 32.2. The van der Waals surface area contributed by atoms with Crippen LogP contribution in [0.3, 0.4) is 0 Å². The topological polar surface area (TPSA) is 92.3 Å². The first-order valence-corrected chi connectivity index (χ1v) is 17.1. The summed E-state index contributed by atoms with van der Waals surface area (Å²) in [7, 11) is 0. The summed E-state index contributed by atoms with van der Waals surface area (Å²) in [5.74, 6) is 2.29. The molecule has 8 nitrogen and oxygen atoms in total. The molecule has 0 spiro atoms. The molecule has 0 aliphatic rings. The number of phenolic OH excluding ortho intramolecular Hbond substituents is 1. The van der Waals surface area contributed by atoms with Crippen LogP contribution in [0.2, 0.25) is 0 Å². The molecule has 234 valence electrons. The molecular formula is C36H37N7OS2. The summed E-state index contributed by atoms with van der Waals surface area (Å²) in [5.41, 5.74) is 5.75. The van der Waals surface area contributed by atoms with E-state index in [4.69, 9.17) is 5.10 Å². The molecule has 6 aromatic rings. The van der Waals surface area contributed by atoms with Gasteiger partial charge in [0, 0.05) is 28.6 Å². The third kappa shape index (κ3) is 6.63. The molecule has 6 rings (SSSR count).